The van der Waals surface area contributed by atoms with E-state index in [-0.39, 0.29) is 5.54 Å². The molecule has 0 saturated heterocycles. The number of hydrogen-bond acceptors (Lipinski definition) is 3. The summed E-state index contributed by atoms with van der Waals surface area (Å²) in [7, 11) is 3.09. The van der Waals surface area contributed by atoms with E-state index in [1.54, 1.807) is 19.2 Å². The minimum atomic E-state index is -0.578. The van der Waals surface area contributed by atoms with Crippen LogP contribution in [-0.4, -0.2) is 19.8 Å². The van der Waals surface area contributed by atoms with Gasteiger partial charge < -0.3 is 15.2 Å². The first kappa shape index (κ1) is 13.8. The number of hydrogen-bond donors (Lipinski definition) is 1. The standard InChI is InChI=1S/C13H20FNO2/c1-13(2,15)7-9-5-12(17-4)10(8-14)6-11(9)16-3/h5-6H,7-8,15H2,1-4H3. The molecule has 0 bridgehead atoms. The van der Waals surface area contributed by atoms with Crippen molar-refractivity contribution >= 4 is 0 Å². The van der Waals surface area contributed by atoms with Crippen molar-refractivity contribution in [1.82, 2.24) is 0 Å². The monoisotopic (exact) mass is 241 g/mol. The Hall–Kier alpha value is -1.29. The first-order chi connectivity index (χ1) is 7.91. The largest absolute Gasteiger partial charge is 0.496 e. The number of nitrogens with two attached hydrogens (primary N) is 1. The molecule has 0 unspecified atom stereocenters. The van der Waals surface area contributed by atoms with Gasteiger partial charge in [-0.1, -0.05) is 0 Å². The van der Waals surface area contributed by atoms with E-state index in [9.17, 15) is 4.39 Å². The summed E-state index contributed by atoms with van der Waals surface area (Å²) in [5, 5.41) is 0. The number of halogens is 1. The summed E-state index contributed by atoms with van der Waals surface area (Å²) in [4.78, 5) is 0. The van der Waals surface area contributed by atoms with Gasteiger partial charge in [-0.25, -0.2) is 4.39 Å². The molecular weight excluding hydrogens is 221 g/mol. The summed E-state index contributed by atoms with van der Waals surface area (Å²) in [6.07, 6.45) is 0.638. The molecule has 0 aliphatic rings. The van der Waals surface area contributed by atoms with Crippen LogP contribution in [0.3, 0.4) is 0 Å². The van der Waals surface area contributed by atoms with E-state index >= 15 is 0 Å². The maximum atomic E-state index is 12.8. The lowest BCUT2D eigenvalue weighted by Gasteiger charge is -2.21. The lowest BCUT2D eigenvalue weighted by Crippen LogP contribution is -2.34. The number of rotatable bonds is 5. The maximum Gasteiger partial charge on any atom is 0.125 e. The lowest BCUT2D eigenvalue weighted by atomic mass is 9.94. The van der Waals surface area contributed by atoms with E-state index in [1.807, 2.05) is 13.8 Å². The van der Waals surface area contributed by atoms with Gasteiger partial charge in [-0.15, -0.1) is 0 Å². The highest BCUT2D eigenvalue weighted by molar-refractivity contribution is 5.47. The van der Waals surface area contributed by atoms with Gasteiger partial charge in [0, 0.05) is 11.1 Å². The molecule has 1 aromatic rings. The first-order valence-corrected chi connectivity index (χ1v) is 5.50. The molecule has 2 N–H and O–H groups in total. The second-order valence-electron chi connectivity index (χ2n) is 4.77. The third-order valence-electron chi connectivity index (χ3n) is 2.47. The van der Waals surface area contributed by atoms with E-state index in [2.05, 4.69) is 0 Å². The molecule has 0 heterocycles. The van der Waals surface area contributed by atoms with Crippen LogP contribution in [0.15, 0.2) is 12.1 Å². The summed E-state index contributed by atoms with van der Waals surface area (Å²) < 4.78 is 23.2. The van der Waals surface area contributed by atoms with Crippen molar-refractivity contribution in [1.29, 1.82) is 0 Å². The average Bonchev–Trinajstić information content (AvgIpc) is 2.26. The van der Waals surface area contributed by atoms with Crippen molar-refractivity contribution in [2.24, 2.45) is 5.73 Å². The predicted octanol–water partition coefficient (Wildman–Crippen LogP) is 2.45. The number of alkyl halides is 1. The van der Waals surface area contributed by atoms with Crippen LogP contribution >= 0.6 is 0 Å². The Morgan fingerprint density at radius 2 is 1.59 bits per heavy atom. The van der Waals surface area contributed by atoms with Gasteiger partial charge in [0.05, 0.1) is 14.2 Å². The molecular formula is C13H20FNO2. The van der Waals surface area contributed by atoms with Crippen LogP contribution in [-0.2, 0) is 13.1 Å². The van der Waals surface area contributed by atoms with Gasteiger partial charge in [0.2, 0.25) is 0 Å². The van der Waals surface area contributed by atoms with E-state index < -0.39 is 6.67 Å². The van der Waals surface area contributed by atoms with Gasteiger partial charge >= 0.3 is 0 Å². The molecule has 0 amide bonds. The topological polar surface area (TPSA) is 44.5 Å². The molecule has 0 fully saturated rings. The zero-order valence-corrected chi connectivity index (χ0v) is 10.8. The fraction of sp³-hybridized carbons (Fsp3) is 0.538. The van der Waals surface area contributed by atoms with Crippen LogP contribution in [0.4, 0.5) is 4.39 Å². The molecule has 1 aromatic carbocycles. The second-order valence-corrected chi connectivity index (χ2v) is 4.77. The average molecular weight is 241 g/mol. The van der Waals surface area contributed by atoms with Crippen molar-refractivity contribution < 1.29 is 13.9 Å². The highest BCUT2D eigenvalue weighted by atomic mass is 19.1. The smallest absolute Gasteiger partial charge is 0.125 e. The number of benzene rings is 1. The zero-order chi connectivity index (χ0) is 13.1. The van der Waals surface area contributed by atoms with Gasteiger partial charge in [0.25, 0.3) is 0 Å². The van der Waals surface area contributed by atoms with Crippen LogP contribution in [0.25, 0.3) is 0 Å². The molecule has 96 valence electrons. The van der Waals surface area contributed by atoms with Crippen molar-refractivity contribution in [3.63, 3.8) is 0 Å². The van der Waals surface area contributed by atoms with Crippen molar-refractivity contribution in [2.75, 3.05) is 14.2 Å². The normalized spacial score (nSPS) is 11.4. The summed E-state index contributed by atoms with van der Waals surface area (Å²) >= 11 is 0. The quantitative estimate of drug-likeness (QED) is 0.861. The Kier molecular flexibility index (Phi) is 4.34. The van der Waals surface area contributed by atoms with E-state index in [0.717, 1.165) is 5.56 Å². The van der Waals surface area contributed by atoms with Gasteiger partial charge in [-0.05, 0) is 38.0 Å². The van der Waals surface area contributed by atoms with Gasteiger partial charge in [0.1, 0.15) is 18.2 Å². The maximum absolute atomic E-state index is 12.8. The molecule has 17 heavy (non-hydrogen) atoms. The number of methoxy groups -OCH3 is 2. The van der Waals surface area contributed by atoms with Crippen LogP contribution in [0, 0.1) is 0 Å². The molecule has 0 spiro atoms. The Morgan fingerprint density at radius 3 is 2.00 bits per heavy atom. The zero-order valence-electron chi connectivity index (χ0n) is 10.8. The number of ether oxygens (including phenoxy) is 2. The van der Waals surface area contributed by atoms with Crippen LogP contribution in [0.2, 0.25) is 0 Å². The summed E-state index contributed by atoms with van der Waals surface area (Å²) in [5.41, 5.74) is 7.04. The van der Waals surface area contributed by atoms with Gasteiger partial charge in [-0.3, -0.25) is 0 Å². The molecule has 0 radical (unpaired) electrons. The summed E-state index contributed by atoms with van der Waals surface area (Å²) in [6, 6.07) is 3.46. The molecule has 0 aliphatic carbocycles. The third-order valence-corrected chi connectivity index (χ3v) is 2.47. The minimum Gasteiger partial charge on any atom is -0.496 e. The molecule has 1 rings (SSSR count). The SMILES string of the molecule is COc1cc(CC(C)(C)N)c(OC)cc1CF. The molecule has 0 aliphatic heterocycles. The van der Waals surface area contributed by atoms with Crippen LogP contribution in [0.5, 0.6) is 11.5 Å². The molecule has 0 aromatic heterocycles. The predicted molar refractivity (Wildman–Crippen MR) is 66.3 cm³/mol. The van der Waals surface area contributed by atoms with E-state index in [4.69, 9.17) is 15.2 Å². The second kappa shape index (κ2) is 5.36. The highest BCUT2D eigenvalue weighted by Crippen LogP contribution is 2.31. The van der Waals surface area contributed by atoms with Crippen LogP contribution < -0.4 is 15.2 Å². The van der Waals surface area contributed by atoms with E-state index in [0.29, 0.717) is 23.5 Å². The summed E-state index contributed by atoms with van der Waals surface area (Å²) in [5.74, 6) is 1.18. The van der Waals surface area contributed by atoms with Crippen LogP contribution in [0.1, 0.15) is 25.0 Å². The van der Waals surface area contributed by atoms with Crippen molar-refractivity contribution in [2.45, 2.75) is 32.5 Å². The van der Waals surface area contributed by atoms with E-state index in [1.165, 1.54) is 7.11 Å². The molecule has 3 nitrogen and oxygen atoms in total. The van der Waals surface area contributed by atoms with Gasteiger partial charge in [0.15, 0.2) is 0 Å². The Bertz CT molecular complexity index is 386. The summed E-state index contributed by atoms with van der Waals surface area (Å²) in [6.45, 7) is 3.29. The fourth-order valence-corrected chi connectivity index (χ4v) is 1.76. The Morgan fingerprint density at radius 1 is 1.12 bits per heavy atom. The highest BCUT2D eigenvalue weighted by Gasteiger charge is 2.17. The Labute approximate surface area is 102 Å². The molecule has 0 atom stereocenters. The molecule has 0 saturated carbocycles. The van der Waals surface area contributed by atoms with Crippen molar-refractivity contribution in [3.05, 3.63) is 23.3 Å². The third kappa shape index (κ3) is 3.60. The lowest BCUT2D eigenvalue weighted by molar-refractivity contribution is 0.379. The fourth-order valence-electron chi connectivity index (χ4n) is 1.76. The minimum absolute atomic E-state index is 0.352. The molecule has 4 heteroatoms. The van der Waals surface area contributed by atoms with Crippen molar-refractivity contribution in [3.8, 4) is 11.5 Å². The first-order valence-electron chi connectivity index (χ1n) is 5.50. The van der Waals surface area contributed by atoms with Gasteiger partial charge in [-0.2, -0.15) is 0 Å². The Balaban J connectivity index is 3.19.